The SMILES string of the molecule is CC.Cc1cc2c3c(c1)CCc1cc(I)cc(c1-3)CC2. The molecular weight excluding hydrogens is 355 g/mol. The maximum Gasteiger partial charge on any atom is 0.0136 e. The summed E-state index contributed by atoms with van der Waals surface area (Å²) in [5.41, 5.74) is 10.9. The molecule has 0 saturated heterocycles. The molecule has 0 bridgehead atoms. The second-order valence-electron chi connectivity index (χ2n) is 5.56. The zero-order valence-electron chi connectivity index (χ0n) is 12.5. The Bertz CT molecular complexity index is 558. The van der Waals surface area contributed by atoms with Crippen molar-refractivity contribution in [3.05, 3.63) is 55.7 Å². The van der Waals surface area contributed by atoms with E-state index in [4.69, 9.17) is 0 Å². The van der Waals surface area contributed by atoms with Crippen LogP contribution in [-0.4, -0.2) is 0 Å². The van der Waals surface area contributed by atoms with Gasteiger partial charge < -0.3 is 0 Å². The third-order valence-electron chi connectivity index (χ3n) is 4.29. The summed E-state index contributed by atoms with van der Waals surface area (Å²) in [7, 11) is 0. The first kappa shape index (κ1) is 14.1. The van der Waals surface area contributed by atoms with Gasteiger partial charge in [-0.2, -0.15) is 0 Å². The molecule has 2 aliphatic rings. The molecule has 0 heterocycles. The molecule has 104 valence electrons. The Morgan fingerprint density at radius 2 is 1.05 bits per heavy atom. The Labute approximate surface area is 135 Å². The Morgan fingerprint density at radius 1 is 0.700 bits per heavy atom. The van der Waals surface area contributed by atoms with Gasteiger partial charge in [0.2, 0.25) is 0 Å². The molecule has 0 atom stereocenters. The number of hydrogen-bond acceptors (Lipinski definition) is 0. The Balaban J connectivity index is 0.000000581. The van der Waals surface area contributed by atoms with Crippen LogP contribution < -0.4 is 0 Å². The number of aryl methyl sites for hydroxylation is 5. The van der Waals surface area contributed by atoms with Gasteiger partial charge in [0.1, 0.15) is 0 Å². The van der Waals surface area contributed by atoms with Crippen molar-refractivity contribution in [2.24, 2.45) is 0 Å². The molecule has 0 spiro atoms. The molecule has 2 aromatic rings. The standard InChI is InChI=1S/C17H15I.C2H6/c1-10-6-11-2-4-13-8-15(18)9-14-5-3-12(7-10)16(11)17(13)14;1-2/h6-9H,2-5H2,1H3;1-2H3. The average molecular weight is 376 g/mol. The number of halogens is 1. The van der Waals surface area contributed by atoms with Gasteiger partial charge >= 0.3 is 0 Å². The van der Waals surface area contributed by atoms with Crippen LogP contribution in [0.2, 0.25) is 0 Å². The van der Waals surface area contributed by atoms with Crippen molar-refractivity contribution in [1.82, 2.24) is 0 Å². The van der Waals surface area contributed by atoms with Gasteiger partial charge in [-0.05, 0) is 101 Å². The maximum absolute atomic E-state index is 2.46. The Morgan fingerprint density at radius 3 is 1.45 bits per heavy atom. The summed E-state index contributed by atoms with van der Waals surface area (Å²) in [5, 5.41) is 0. The number of benzene rings is 2. The first-order chi connectivity index (χ1) is 9.72. The molecule has 0 fully saturated rings. The molecule has 0 unspecified atom stereocenters. The quantitative estimate of drug-likeness (QED) is 0.534. The lowest BCUT2D eigenvalue weighted by atomic mass is 9.75. The van der Waals surface area contributed by atoms with Gasteiger partial charge in [0, 0.05) is 3.57 Å². The van der Waals surface area contributed by atoms with E-state index in [1.807, 2.05) is 13.8 Å². The van der Waals surface area contributed by atoms with Crippen molar-refractivity contribution in [3.8, 4) is 11.1 Å². The molecule has 0 saturated carbocycles. The fourth-order valence-electron chi connectivity index (χ4n) is 3.64. The van der Waals surface area contributed by atoms with Crippen LogP contribution in [0, 0.1) is 10.5 Å². The molecule has 0 N–H and O–H groups in total. The molecule has 0 amide bonds. The van der Waals surface area contributed by atoms with Crippen LogP contribution in [-0.2, 0) is 25.7 Å². The predicted octanol–water partition coefficient (Wildman–Crippen LogP) is 5.49. The van der Waals surface area contributed by atoms with E-state index < -0.39 is 0 Å². The van der Waals surface area contributed by atoms with Crippen LogP contribution in [0.25, 0.3) is 11.1 Å². The smallest absolute Gasteiger partial charge is 0.0136 e. The number of hydrogen-bond donors (Lipinski definition) is 0. The van der Waals surface area contributed by atoms with E-state index in [1.165, 1.54) is 34.8 Å². The van der Waals surface area contributed by atoms with E-state index >= 15 is 0 Å². The molecule has 4 rings (SSSR count). The lowest BCUT2D eigenvalue weighted by Gasteiger charge is -2.30. The zero-order chi connectivity index (χ0) is 14.3. The molecule has 0 aromatic heterocycles. The van der Waals surface area contributed by atoms with Gasteiger partial charge in [-0.1, -0.05) is 31.5 Å². The van der Waals surface area contributed by atoms with Gasteiger partial charge in [-0.3, -0.25) is 0 Å². The van der Waals surface area contributed by atoms with E-state index in [0.29, 0.717) is 0 Å². The minimum atomic E-state index is 1.22. The number of rotatable bonds is 0. The Kier molecular flexibility index (Phi) is 3.89. The van der Waals surface area contributed by atoms with E-state index in [2.05, 4.69) is 53.8 Å². The molecule has 0 radical (unpaired) electrons. The van der Waals surface area contributed by atoms with E-state index in [9.17, 15) is 0 Å². The summed E-state index contributed by atoms with van der Waals surface area (Å²) in [5.74, 6) is 0. The monoisotopic (exact) mass is 376 g/mol. The van der Waals surface area contributed by atoms with Crippen molar-refractivity contribution in [1.29, 1.82) is 0 Å². The fraction of sp³-hybridized carbons (Fsp3) is 0.368. The van der Waals surface area contributed by atoms with Crippen LogP contribution in [0.5, 0.6) is 0 Å². The van der Waals surface area contributed by atoms with Gasteiger partial charge in [0.25, 0.3) is 0 Å². The van der Waals surface area contributed by atoms with E-state index in [-0.39, 0.29) is 0 Å². The lowest BCUT2D eigenvalue weighted by Crippen LogP contribution is -2.14. The maximum atomic E-state index is 2.46. The highest BCUT2D eigenvalue weighted by Crippen LogP contribution is 2.43. The van der Waals surface area contributed by atoms with Gasteiger partial charge in [0.05, 0.1) is 0 Å². The summed E-state index contributed by atoms with van der Waals surface area (Å²) >= 11 is 2.46. The molecule has 0 aliphatic heterocycles. The molecule has 20 heavy (non-hydrogen) atoms. The first-order valence-electron chi connectivity index (χ1n) is 7.66. The highest BCUT2D eigenvalue weighted by molar-refractivity contribution is 14.1. The molecule has 0 nitrogen and oxygen atoms in total. The van der Waals surface area contributed by atoms with E-state index in [1.54, 1.807) is 33.4 Å². The topological polar surface area (TPSA) is 0 Å². The highest BCUT2D eigenvalue weighted by Gasteiger charge is 2.25. The van der Waals surface area contributed by atoms with Crippen molar-refractivity contribution in [3.63, 3.8) is 0 Å². The van der Waals surface area contributed by atoms with Crippen molar-refractivity contribution < 1.29 is 0 Å². The second kappa shape index (κ2) is 5.51. The summed E-state index contributed by atoms with van der Waals surface area (Å²) in [4.78, 5) is 0. The van der Waals surface area contributed by atoms with Crippen molar-refractivity contribution in [2.75, 3.05) is 0 Å². The van der Waals surface area contributed by atoms with Crippen LogP contribution in [0.3, 0.4) is 0 Å². The van der Waals surface area contributed by atoms with Crippen LogP contribution in [0.1, 0.15) is 41.7 Å². The average Bonchev–Trinajstić information content (AvgIpc) is 2.46. The van der Waals surface area contributed by atoms with Crippen molar-refractivity contribution in [2.45, 2.75) is 46.5 Å². The van der Waals surface area contributed by atoms with Gasteiger partial charge in [0.15, 0.2) is 0 Å². The van der Waals surface area contributed by atoms with Crippen molar-refractivity contribution >= 4 is 22.6 Å². The fourth-order valence-corrected chi connectivity index (χ4v) is 4.39. The van der Waals surface area contributed by atoms with Gasteiger partial charge in [-0.15, -0.1) is 0 Å². The Hall–Kier alpha value is -0.830. The third kappa shape index (κ3) is 2.20. The normalized spacial score (nSPS) is 14.2. The molecule has 1 heteroatoms. The summed E-state index contributed by atoms with van der Waals surface area (Å²) in [6.45, 7) is 6.23. The van der Waals surface area contributed by atoms with Crippen LogP contribution >= 0.6 is 22.6 Å². The second-order valence-corrected chi connectivity index (χ2v) is 6.80. The minimum absolute atomic E-state index is 1.22. The largest absolute Gasteiger partial charge is 0.0683 e. The van der Waals surface area contributed by atoms with Crippen LogP contribution in [0.15, 0.2) is 24.3 Å². The van der Waals surface area contributed by atoms with Crippen LogP contribution in [0.4, 0.5) is 0 Å². The minimum Gasteiger partial charge on any atom is -0.0683 e. The predicted molar refractivity (Wildman–Crippen MR) is 95.5 cm³/mol. The third-order valence-corrected chi connectivity index (χ3v) is 4.91. The summed E-state index contributed by atoms with van der Waals surface area (Å²) < 4.78 is 1.40. The summed E-state index contributed by atoms with van der Waals surface area (Å²) in [6.07, 6.45) is 4.87. The molecule has 2 aliphatic carbocycles. The highest BCUT2D eigenvalue weighted by atomic mass is 127. The first-order valence-corrected chi connectivity index (χ1v) is 8.74. The summed E-state index contributed by atoms with van der Waals surface area (Å²) in [6, 6.07) is 9.57. The van der Waals surface area contributed by atoms with E-state index in [0.717, 1.165) is 0 Å². The lowest BCUT2D eigenvalue weighted by molar-refractivity contribution is 0.872. The molecular formula is C19H21I. The zero-order valence-corrected chi connectivity index (χ0v) is 14.7. The molecule has 2 aromatic carbocycles. The van der Waals surface area contributed by atoms with Gasteiger partial charge in [-0.25, -0.2) is 0 Å².